The molecule has 4 aromatic rings. The van der Waals surface area contributed by atoms with Gasteiger partial charge < -0.3 is 19.5 Å². The highest BCUT2D eigenvalue weighted by atomic mass is 16.5. The molecule has 3 aromatic carbocycles. The average molecular weight is 412 g/mol. The molecule has 1 aliphatic heterocycles. The summed E-state index contributed by atoms with van der Waals surface area (Å²) in [5.74, 6) is 0.841. The number of aromatic amines is 1. The topological polar surface area (TPSA) is 61.5 Å². The van der Waals surface area contributed by atoms with Crippen LogP contribution in [0, 0.1) is 0 Å². The number of anilines is 1. The van der Waals surface area contributed by atoms with Gasteiger partial charge in [0.05, 0.1) is 25.7 Å². The van der Waals surface area contributed by atoms with E-state index in [1.807, 2.05) is 65.7 Å². The highest BCUT2D eigenvalue weighted by molar-refractivity contribution is 6.07. The first-order chi connectivity index (χ1) is 15.2. The Kier molecular flexibility index (Phi) is 5.04. The summed E-state index contributed by atoms with van der Waals surface area (Å²) in [5.41, 5.74) is 3.97. The number of carbonyl (C=O) groups excluding carboxylic acids is 1. The van der Waals surface area contributed by atoms with Crippen molar-refractivity contribution in [2.75, 3.05) is 25.1 Å². The molecule has 1 aliphatic rings. The molecule has 2 heterocycles. The van der Waals surface area contributed by atoms with E-state index in [4.69, 9.17) is 4.74 Å². The van der Waals surface area contributed by atoms with Gasteiger partial charge in [-0.2, -0.15) is 0 Å². The number of carbonyl (C=O) groups is 1. The lowest BCUT2D eigenvalue weighted by atomic mass is 10.0. The number of hydrogen-bond acceptors (Lipinski definition) is 4. The molecular formula is C25H24N4O2. The van der Waals surface area contributed by atoms with E-state index in [0.29, 0.717) is 19.6 Å². The van der Waals surface area contributed by atoms with Crippen LogP contribution in [0.2, 0.25) is 0 Å². The standard InChI is InChI=1S/C25H24N4O2/c1-31-21-9-10-24-19(13-21)15-29(12-11-28(24)16-20-14-26-17-27-20)25(30)23-8-4-6-18-5-2-3-7-22(18)23/h2-10,13-14,17H,11-12,15-16H2,1H3,(H,26,27). The van der Waals surface area contributed by atoms with Crippen LogP contribution in [0.4, 0.5) is 5.69 Å². The molecule has 156 valence electrons. The number of benzene rings is 3. The minimum absolute atomic E-state index is 0.0500. The SMILES string of the molecule is COc1ccc2c(c1)CN(C(=O)c1cccc3ccccc13)CCN2Cc1cnc[nH]1. The molecule has 0 spiro atoms. The fraction of sp³-hybridized carbons (Fsp3) is 0.200. The predicted octanol–water partition coefficient (Wildman–Crippen LogP) is 4.23. The summed E-state index contributed by atoms with van der Waals surface area (Å²) in [7, 11) is 1.67. The zero-order chi connectivity index (χ0) is 21.2. The maximum atomic E-state index is 13.6. The molecule has 31 heavy (non-hydrogen) atoms. The third-order valence-corrected chi connectivity index (χ3v) is 5.85. The van der Waals surface area contributed by atoms with E-state index in [0.717, 1.165) is 45.6 Å². The van der Waals surface area contributed by atoms with Crippen LogP contribution in [0.15, 0.2) is 73.2 Å². The van der Waals surface area contributed by atoms with Crippen molar-refractivity contribution in [2.45, 2.75) is 13.1 Å². The number of methoxy groups -OCH3 is 1. The Morgan fingerprint density at radius 1 is 1.10 bits per heavy atom. The number of aromatic nitrogens is 2. The summed E-state index contributed by atoms with van der Waals surface area (Å²) in [6.45, 7) is 2.60. The van der Waals surface area contributed by atoms with Gasteiger partial charge in [0.25, 0.3) is 5.91 Å². The highest BCUT2D eigenvalue weighted by Crippen LogP contribution is 2.31. The Bertz CT molecular complexity index is 1210. The molecule has 1 amide bonds. The van der Waals surface area contributed by atoms with Crippen LogP contribution in [-0.4, -0.2) is 41.0 Å². The van der Waals surface area contributed by atoms with Gasteiger partial charge in [-0.1, -0.05) is 36.4 Å². The van der Waals surface area contributed by atoms with E-state index in [1.165, 1.54) is 0 Å². The Labute approximate surface area is 181 Å². The lowest BCUT2D eigenvalue weighted by Gasteiger charge is -2.24. The number of rotatable bonds is 4. The minimum Gasteiger partial charge on any atom is -0.497 e. The molecule has 0 aliphatic carbocycles. The van der Waals surface area contributed by atoms with Crippen LogP contribution >= 0.6 is 0 Å². The molecule has 1 aromatic heterocycles. The summed E-state index contributed by atoms with van der Waals surface area (Å²) in [6, 6.07) is 20.0. The zero-order valence-electron chi connectivity index (χ0n) is 17.4. The molecule has 1 N–H and O–H groups in total. The second-order valence-electron chi connectivity index (χ2n) is 7.75. The first-order valence-electron chi connectivity index (χ1n) is 10.4. The maximum Gasteiger partial charge on any atom is 0.254 e. The van der Waals surface area contributed by atoms with E-state index >= 15 is 0 Å². The highest BCUT2D eigenvalue weighted by Gasteiger charge is 2.25. The molecule has 0 radical (unpaired) electrons. The number of amides is 1. The van der Waals surface area contributed by atoms with E-state index in [-0.39, 0.29) is 5.91 Å². The van der Waals surface area contributed by atoms with E-state index in [2.05, 4.69) is 20.9 Å². The number of imidazole rings is 1. The Balaban J connectivity index is 1.50. The quantitative estimate of drug-likeness (QED) is 0.545. The monoisotopic (exact) mass is 412 g/mol. The summed E-state index contributed by atoms with van der Waals surface area (Å²) < 4.78 is 5.46. The molecule has 0 saturated heterocycles. The molecule has 0 atom stereocenters. The number of H-pyrrole nitrogens is 1. The van der Waals surface area contributed by atoms with E-state index in [1.54, 1.807) is 13.4 Å². The van der Waals surface area contributed by atoms with Crippen molar-refractivity contribution in [3.63, 3.8) is 0 Å². The first kappa shape index (κ1) is 19.2. The number of nitrogens with zero attached hydrogens (tertiary/aromatic N) is 3. The minimum atomic E-state index is 0.0500. The van der Waals surface area contributed by atoms with Crippen LogP contribution in [-0.2, 0) is 13.1 Å². The third-order valence-electron chi connectivity index (χ3n) is 5.85. The molecule has 0 bridgehead atoms. The van der Waals surface area contributed by atoms with Crippen LogP contribution < -0.4 is 9.64 Å². The van der Waals surface area contributed by atoms with Crippen molar-refractivity contribution < 1.29 is 9.53 Å². The average Bonchev–Trinajstić information content (AvgIpc) is 3.26. The molecule has 0 saturated carbocycles. The summed E-state index contributed by atoms with van der Waals surface area (Å²) >= 11 is 0. The molecule has 6 heteroatoms. The zero-order valence-corrected chi connectivity index (χ0v) is 17.4. The molecular weight excluding hydrogens is 388 g/mol. The van der Waals surface area contributed by atoms with Crippen LogP contribution in [0.1, 0.15) is 21.6 Å². The van der Waals surface area contributed by atoms with Crippen molar-refractivity contribution in [1.82, 2.24) is 14.9 Å². The van der Waals surface area contributed by atoms with Gasteiger partial charge in [0.2, 0.25) is 0 Å². The van der Waals surface area contributed by atoms with Crippen molar-refractivity contribution >= 4 is 22.4 Å². The van der Waals surface area contributed by atoms with Crippen molar-refractivity contribution in [2.24, 2.45) is 0 Å². The fourth-order valence-corrected chi connectivity index (χ4v) is 4.27. The van der Waals surface area contributed by atoms with Crippen LogP contribution in [0.25, 0.3) is 10.8 Å². The molecule has 0 fully saturated rings. The Morgan fingerprint density at radius 2 is 1.97 bits per heavy atom. The molecule has 5 rings (SSSR count). The van der Waals surface area contributed by atoms with Gasteiger partial charge in [0, 0.05) is 37.1 Å². The smallest absolute Gasteiger partial charge is 0.254 e. The van der Waals surface area contributed by atoms with Gasteiger partial charge in [-0.05, 0) is 40.6 Å². The van der Waals surface area contributed by atoms with Gasteiger partial charge in [-0.15, -0.1) is 0 Å². The van der Waals surface area contributed by atoms with Crippen molar-refractivity contribution in [3.8, 4) is 5.75 Å². The Morgan fingerprint density at radius 3 is 2.81 bits per heavy atom. The van der Waals surface area contributed by atoms with Gasteiger partial charge >= 0.3 is 0 Å². The maximum absolute atomic E-state index is 13.6. The number of hydrogen-bond donors (Lipinski definition) is 1. The summed E-state index contributed by atoms with van der Waals surface area (Å²) in [4.78, 5) is 25.2. The van der Waals surface area contributed by atoms with Crippen molar-refractivity contribution in [1.29, 1.82) is 0 Å². The number of ether oxygens (including phenoxy) is 1. The number of fused-ring (bicyclic) bond motifs is 2. The van der Waals surface area contributed by atoms with Crippen LogP contribution in [0.3, 0.4) is 0 Å². The van der Waals surface area contributed by atoms with Gasteiger partial charge in [0.15, 0.2) is 0 Å². The molecule has 6 nitrogen and oxygen atoms in total. The van der Waals surface area contributed by atoms with Gasteiger partial charge in [-0.25, -0.2) is 4.98 Å². The lowest BCUT2D eigenvalue weighted by molar-refractivity contribution is 0.0753. The van der Waals surface area contributed by atoms with Gasteiger partial charge in [-0.3, -0.25) is 4.79 Å². The Hall–Kier alpha value is -3.80. The summed E-state index contributed by atoms with van der Waals surface area (Å²) in [6.07, 6.45) is 3.53. The first-order valence-corrected chi connectivity index (χ1v) is 10.4. The second kappa shape index (κ2) is 8.14. The third kappa shape index (κ3) is 3.72. The van der Waals surface area contributed by atoms with Crippen molar-refractivity contribution in [3.05, 3.63) is 90.0 Å². The normalized spacial score (nSPS) is 13.7. The molecule has 0 unspecified atom stereocenters. The lowest BCUT2D eigenvalue weighted by Crippen LogP contribution is -2.35. The summed E-state index contributed by atoms with van der Waals surface area (Å²) in [5, 5.41) is 2.06. The van der Waals surface area contributed by atoms with Crippen LogP contribution in [0.5, 0.6) is 5.75 Å². The fourth-order valence-electron chi connectivity index (χ4n) is 4.27. The number of nitrogens with one attached hydrogen (secondary N) is 1. The second-order valence-corrected chi connectivity index (χ2v) is 7.75. The van der Waals surface area contributed by atoms with Gasteiger partial charge in [0.1, 0.15) is 5.75 Å². The predicted molar refractivity (Wildman–Crippen MR) is 121 cm³/mol. The van der Waals surface area contributed by atoms with E-state index < -0.39 is 0 Å². The largest absolute Gasteiger partial charge is 0.497 e. The van der Waals surface area contributed by atoms with E-state index in [9.17, 15) is 4.79 Å².